The minimum atomic E-state index is -1.51. The number of unbranched alkanes of at least 4 members (excludes halogenated alkanes) is 3. The lowest BCUT2D eigenvalue weighted by Crippen LogP contribution is -2.27. The smallest absolute Gasteiger partial charge is 0.336 e. The zero-order valence-electron chi connectivity index (χ0n) is 32.9. The zero-order valence-corrected chi connectivity index (χ0v) is 32.9. The quantitative estimate of drug-likeness (QED) is 0.0759. The van der Waals surface area contributed by atoms with Crippen molar-refractivity contribution in [3.05, 3.63) is 68.9 Å². The van der Waals surface area contributed by atoms with E-state index in [1.807, 2.05) is 13.8 Å². The van der Waals surface area contributed by atoms with Crippen molar-refractivity contribution in [2.75, 3.05) is 19.8 Å². The van der Waals surface area contributed by atoms with E-state index in [0.29, 0.717) is 0 Å². The Hall–Kier alpha value is -3.75. The number of carboxylic acids is 3. The summed E-state index contributed by atoms with van der Waals surface area (Å²) in [5, 5.41) is 32.2. The van der Waals surface area contributed by atoms with E-state index in [1.54, 1.807) is 39.6 Å². The molecule has 3 N–H and O–H groups in total. The van der Waals surface area contributed by atoms with Crippen LogP contribution < -0.4 is 0 Å². The van der Waals surface area contributed by atoms with Crippen LogP contribution in [0.2, 0.25) is 0 Å². The maximum atomic E-state index is 13.3. The SMILES string of the molecule is CCCCC(=COCC(C)c1c(C(=O)O)c(C(=O)O)c(C(C)COC=C(CC)CCCC)c(C(C)COC=C(CC)CCCC)c1C(=O)O)CC. The molecule has 9 nitrogen and oxygen atoms in total. The molecule has 0 saturated heterocycles. The Morgan fingerprint density at radius 2 is 0.765 bits per heavy atom. The number of carboxylic acid groups (broad SMARTS) is 3. The maximum absolute atomic E-state index is 13.3. The van der Waals surface area contributed by atoms with E-state index in [-0.39, 0.29) is 42.1 Å². The van der Waals surface area contributed by atoms with E-state index < -0.39 is 46.8 Å². The van der Waals surface area contributed by atoms with Crippen LogP contribution in [-0.4, -0.2) is 53.0 Å². The molecule has 1 aromatic carbocycles. The van der Waals surface area contributed by atoms with Gasteiger partial charge in [-0.05, 0) is 91.2 Å². The number of ether oxygens (including phenoxy) is 3. The number of benzene rings is 1. The lowest BCUT2D eigenvalue weighted by Gasteiger charge is -2.30. The van der Waals surface area contributed by atoms with Gasteiger partial charge in [-0.25, -0.2) is 14.4 Å². The van der Waals surface area contributed by atoms with E-state index >= 15 is 0 Å². The van der Waals surface area contributed by atoms with Gasteiger partial charge >= 0.3 is 17.9 Å². The van der Waals surface area contributed by atoms with Gasteiger partial charge < -0.3 is 29.5 Å². The van der Waals surface area contributed by atoms with Crippen molar-refractivity contribution in [1.29, 1.82) is 0 Å². The molecule has 51 heavy (non-hydrogen) atoms. The number of carbonyl (C=O) groups is 3. The maximum Gasteiger partial charge on any atom is 0.336 e. The van der Waals surface area contributed by atoms with Gasteiger partial charge in [0.25, 0.3) is 0 Å². The molecule has 3 atom stereocenters. The van der Waals surface area contributed by atoms with Gasteiger partial charge in [0.15, 0.2) is 0 Å². The van der Waals surface area contributed by atoms with Gasteiger partial charge in [0.1, 0.15) is 0 Å². The van der Waals surface area contributed by atoms with E-state index in [4.69, 9.17) is 14.2 Å². The second-order valence-electron chi connectivity index (χ2n) is 13.7. The first-order valence-electron chi connectivity index (χ1n) is 19.2. The molecule has 0 aromatic heterocycles. The van der Waals surface area contributed by atoms with Crippen molar-refractivity contribution < 1.29 is 43.9 Å². The van der Waals surface area contributed by atoms with E-state index in [2.05, 4.69) is 27.7 Å². The summed E-state index contributed by atoms with van der Waals surface area (Å²) in [4.78, 5) is 39.6. The molecule has 0 aliphatic rings. The lowest BCUT2D eigenvalue weighted by atomic mass is 9.75. The third-order valence-electron chi connectivity index (χ3n) is 9.44. The van der Waals surface area contributed by atoms with Crippen molar-refractivity contribution in [2.45, 2.75) is 157 Å². The number of hydrogen-bond acceptors (Lipinski definition) is 6. The highest BCUT2D eigenvalue weighted by Crippen LogP contribution is 2.41. The van der Waals surface area contributed by atoms with E-state index in [0.717, 1.165) is 93.8 Å². The van der Waals surface area contributed by atoms with Gasteiger partial charge in [-0.3, -0.25) is 0 Å². The zero-order chi connectivity index (χ0) is 38.5. The van der Waals surface area contributed by atoms with Crippen LogP contribution in [0, 0.1) is 0 Å². The van der Waals surface area contributed by atoms with E-state index in [9.17, 15) is 29.7 Å². The monoisotopic (exact) mass is 714 g/mol. The Kier molecular flexibility index (Phi) is 21.7. The fourth-order valence-electron chi connectivity index (χ4n) is 6.35. The topological polar surface area (TPSA) is 140 Å². The minimum absolute atomic E-state index is 0.0278. The summed E-state index contributed by atoms with van der Waals surface area (Å²) in [5.41, 5.74) is 2.51. The molecule has 1 aromatic rings. The first kappa shape index (κ1) is 45.3. The molecular weight excluding hydrogens is 648 g/mol. The number of aromatic carboxylic acids is 3. The van der Waals surface area contributed by atoms with E-state index in [1.165, 1.54) is 0 Å². The molecule has 0 saturated carbocycles. The van der Waals surface area contributed by atoms with Gasteiger partial charge in [0, 0.05) is 17.8 Å². The van der Waals surface area contributed by atoms with Crippen LogP contribution in [-0.2, 0) is 14.2 Å². The van der Waals surface area contributed by atoms with Crippen molar-refractivity contribution >= 4 is 17.9 Å². The fourth-order valence-corrected chi connectivity index (χ4v) is 6.35. The van der Waals surface area contributed by atoms with Crippen LogP contribution in [0.3, 0.4) is 0 Å². The van der Waals surface area contributed by atoms with Gasteiger partial charge in [-0.2, -0.15) is 0 Å². The first-order chi connectivity index (χ1) is 24.3. The fraction of sp³-hybridized carbons (Fsp3) is 0.643. The Labute approximate surface area is 307 Å². The average molecular weight is 715 g/mol. The summed E-state index contributed by atoms with van der Waals surface area (Å²) in [5.74, 6) is -6.31. The third-order valence-corrected chi connectivity index (χ3v) is 9.44. The van der Waals surface area contributed by atoms with Crippen LogP contribution in [0.15, 0.2) is 35.5 Å². The van der Waals surface area contributed by atoms with Crippen molar-refractivity contribution in [1.82, 2.24) is 0 Å². The highest BCUT2D eigenvalue weighted by molar-refractivity contribution is 6.08. The number of allylic oxidation sites excluding steroid dienone is 3. The van der Waals surface area contributed by atoms with Gasteiger partial charge in [-0.1, -0.05) is 81.6 Å². The molecule has 0 spiro atoms. The van der Waals surface area contributed by atoms with Crippen LogP contribution in [0.1, 0.15) is 205 Å². The van der Waals surface area contributed by atoms with Crippen molar-refractivity contribution in [3.63, 3.8) is 0 Å². The molecule has 1 rings (SSSR count). The number of hydrogen-bond donors (Lipinski definition) is 3. The van der Waals surface area contributed by atoms with Crippen LogP contribution in [0.25, 0.3) is 0 Å². The Bertz CT molecular complexity index is 1350. The molecule has 0 bridgehead atoms. The summed E-state index contributed by atoms with van der Waals surface area (Å²) in [6, 6.07) is 0. The Morgan fingerprint density at radius 1 is 0.490 bits per heavy atom. The predicted molar refractivity (Wildman–Crippen MR) is 204 cm³/mol. The second kappa shape index (κ2) is 24.4. The normalized spacial score (nSPS) is 14.2. The molecule has 0 heterocycles. The first-order valence-corrected chi connectivity index (χ1v) is 19.2. The average Bonchev–Trinajstić information content (AvgIpc) is 3.10. The molecule has 0 aliphatic heterocycles. The van der Waals surface area contributed by atoms with Crippen LogP contribution in [0.5, 0.6) is 0 Å². The third kappa shape index (κ3) is 14.1. The van der Waals surface area contributed by atoms with Gasteiger partial charge in [-0.15, -0.1) is 0 Å². The summed E-state index contributed by atoms with van der Waals surface area (Å²) in [7, 11) is 0. The van der Waals surface area contributed by atoms with Crippen LogP contribution in [0.4, 0.5) is 0 Å². The molecule has 0 aliphatic carbocycles. The highest BCUT2D eigenvalue weighted by Gasteiger charge is 2.38. The predicted octanol–water partition coefficient (Wildman–Crippen LogP) is 11.6. The van der Waals surface area contributed by atoms with Crippen molar-refractivity contribution in [2.24, 2.45) is 0 Å². The summed E-state index contributed by atoms with van der Waals surface area (Å²) in [6.07, 6.45) is 16.3. The van der Waals surface area contributed by atoms with Gasteiger partial charge in [0.2, 0.25) is 0 Å². The highest BCUT2D eigenvalue weighted by atomic mass is 16.5. The van der Waals surface area contributed by atoms with Crippen LogP contribution >= 0.6 is 0 Å². The molecule has 0 amide bonds. The summed E-state index contributed by atoms with van der Waals surface area (Å²) < 4.78 is 18.0. The molecular formula is C42H66O9. The molecule has 3 unspecified atom stereocenters. The summed E-state index contributed by atoms with van der Waals surface area (Å²) in [6.45, 7) is 17.8. The Balaban J connectivity index is 4.04. The van der Waals surface area contributed by atoms with Crippen molar-refractivity contribution in [3.8, 4) is 0 Å². The molecule has 0 radical (unpaired) electrons. The largest absolute Gasteiger partial charge is 0.501 e. The minimum Gasteiger partial charge on any atom is -0.501 e. The standard InChI is InChI=1S/C42H66O9/c1-10-16-19-31(13-4)25-49-22-28(7)34-35(29(8)23-50-26-32(14-5)20-17-11-2)38(41(45)46)39(42(47)48)36(37(34)40(43)44)30(9)24-51-27-33(15-6)21-18-12-3/h25-30H,10-24H2,1-9H3,(H,43,44)(H,45,46)(H,47,48). The Morgan fingerprint density at radius 3 is 1.04 bits per heavy atom. The molecule has 0 fully saturated rings. The lowest BCUT2D eigenvalue weighted by molar-refractivity contribution is 0.0643. The molecule has 288 valence electrons. The number of rotatable bonds is 27. The summed E-state index contributed by atoms with van der Waals surface area (Å²) >= 11 is 0. The molecule has 9 heteroatoms. The second-order valence-corrected chi connectivity index (χ2v) is 13.7. The van der Waals surface area contributed by atoms with Gasteiger partial charge in [0.05, 0.1) is 55.3 Å².